The van der Waals surface area contributed by atoms with E-state index in [2.05, 4.69) is 48.6 Å². The van der Waals surface area contributed by atoms with Crippen molar-refractivity contribution in [2.45, 2.75) is 12.8 Å². The summed E-state index contributed by atoms with van der Waals surface area (Å²) in [6, 6.07) is 16.5. The van der Waals surface area contributed by atoms with E-state index < -0.39 is 23.2 Å². The first-order valence-corrected chi connectivity index (χ1v) is 11.5. The minimum atomic E-state index is -0.801. The number of benzene rings is 2. The second kappa shape index (κ2) is 10.3. The molecule has 0 nitrogen and oxygen atoms in total. The maximum Gasteiger partial charge on any atom is -1.00 e. The average Bonchev–Trinajstić information content (AvgIpc) is 3.26. The zero-order chi connectivity index (χ0) is 17.2. The first kappa shape index (κ1) is 22.7. The first-order chi connectivity index (χ1) is 12.2. The van der Waals surface area contributed by atoms with Crippen LogP contribution in [0.4, 0.5) is 0 Å². The van der Waals surface area contributed by atoms with Gasteiger partial charge in [0, 0.05) is 0 Å². The molecular weight excluding hydrogens is 497 g/mol. The zero-order valence-corrected chi connectivity index (χ0v) is 19.8. The van der Waals surface area contributed by atoms with Crippen LogP contribution in [-0.4, -0.2) is 0 Å². The molecule has 0 radical (unpaired) electrons. The molecule has 2 aromatic carbocycles. The van der Waals surface area contributed by atoms with Crippen molar-refractivity contribution in [3.05, 3.63) is 101 Å². The molecule has 0 amide bonds. The van der Waals surface area contributed by atoms with Crippen molar-refractivity contribution in [2.24, 2.45) is 0 Å². The molecule has 0 unspecified atom stereocenters. The predicted molar refractivity (Wildman–Crippen MR) is 104 cm³/mol. The van der Waals surface area contributed by atoms with Crippen molar-refractivity contribution in [3.8, 4) is 0 Å². The predicted octanol–water partition coefficient (Wildman–Crippen LogP) is 1.13. The summed E-state index contributed by atoms with van der Waals surface area (Å²) in [6.07, 6.45) is 11.4. The Bertz CT molecular complexity index is 842. The molecule has 2 aromatic rings. The Kier molecular flexibility index (Phi) is 8.66. The standard InChI is InChI=1S/2C11H8Cl.2ClH.Zr/c2*12-11-7-5-10(6-8-11)9-3-1-2-4-9;;;/h2*1,3,5-8H,2H2;2*1H;/q;;;;+2/p-2. The monoisotopic (exact) mass is 510 g/mol. The van der Waals surface area contributed by atoms with E-state index in [-0.39, 0.29) is 24.8 Å². The van der Waals surface area contributed by atoms with Gasteiger partial charge in [-0.2, -0.15) is 0 Å². The summed E-state index contributed by atoms with van der Waals surface area (Å²) >= 11 is 11.3. The van der Waals surface area contributed by atoms with Crippen molar-refractivity contribution in [1.82, 2.24) is 0 Å². The van der Waals surface area contributed by atoms with E-state index >= 15 is 0 Å². The molecule has 0 heterocycles. The van der Waals surface area contributed by atoms with Gasteiger partial charge < -0.3 is 24.8 Å². The molecule has 0 aliphatic heterocycles. The van der Waals surface area contributed by atoms with Gasteiger partial charge in [0.25, 0.3) is 0 Å². The van der Waals surface area contributed by atoms with Crippen LogP contribution in [0.2, 0.25) is 10.0 Å². The largest absolute Gasteiger partial charge is 1.00 e. The molecule has 0 saturated heterocycles. The van der Waals surface area contributed by atoms with E-state index in [1.165, 1.54) is 22.3 Å². The van der Waals surface area contributed by atoms with Crippen molar-refractivity contribution in [1.29, 1.82) is 0 Å². The van der Waals surface area contributed by atoms with Gasteiger partial charge in [0.15, 0.2) is 0 Å². The smallest absolute Gasteiger partial charge is 1.00 e. The van der Waals surface area contributed by atoms with Gasteiger partial charge in [0.05, 0.1) is 0 Å². The molecule has 5 heteroatoms. The van der Waals surface area contributed by atoms with Gasteiger partial charge in [-0.3, -0.25) is 0 Å². The van der Waals surface area contributed by atoms with E-state index in [1.54, 1.807) is 6.56 Å². The summed E-state index contributed by atoms with van der Waals surface area (Å²) in [7, 11) is 0. The Morgan fingerprint density at radius 1 is 0.593 bits per heavy atom. The van der Waals surface area contributed by atoms with Crippen molar-refractivity contribution >= 4 is 34.3 Å². The molecule has 136 valence electrons. The van der Waals surface area contributed by atoms with Crippen LogP contribution in [0.3, 0.4) is 0 Å². The molecule has 0 fully saturated rings. The summed E-state index contributed by atoms with van der Waals surface area (Å²) in [5, 5.41) is 1.58. The van der Waals surface area contributed by atoms with Crippen molar-refractivity contribution in [3.63, 3.8) is 0 Å². The minimum Gasteiger partial charge on any atom is -1.00 e. The average molecular weight is 513 g/mol. The van der Waals surface area contributed by atoms with Crippen molar-refractivity contribution < 1.29 is 48.0 Å². The second-order valence-corrected chi connectivity index (χ2v) is 10.6. The van der Waals surface area contributed by atoms with Gasteiger partial charge >= 0.3 is 171 Å². The van der Waals surface area contributed by atoms with Crippen LogP contribution in [0, 0.1) is 0 Å². The van der Waals surface area contributed by atoms with Gasteiger partial charge in [-0.25, -0.2) is 0 Å². The Labute approximate surface area is 194 Å². The molecule has 2 aliphatic carbocycles. The third kappa shape index (κ3) is 5.28. The van der Waals surface area contributed by atoms with E-state index in [0.717, 1.165) is 22.9 Å². The Hall–Kier alpha value is -0.557. The third-order valence-corrected chi connectivity index (χ3v) is 8.79. The minimum absolute atomic E-state index is 0. The fourth-order valence-electron chi connectivity index (χ4n) is 3.23. The maximum atomic E-state index is 6.04. The molecule has 0 N–H and O–H groups in total. The fraction of sp³-hybridized carbons (Fsp3) is 0.0909. The second-order valence-electron chi connectivity index (χ2n) is 6.14. The zero-order valence-electron chi connectivity index (χ0n) is 14.4. The van der Waals surface area contributed by atoms with Gasteiger partial charge in [-0.1, -0.05) is 0 Å². The maximum absolute atomic E-state index is 6.04. The van der Waals surface area contributed by atoms with Gasteiger partial charge in [-0.15, -0.1) is 0 Å². The van der Waals surface area contributed by atoms with Crippen LogP contribution >= 0.6 is 23.2 Å². The summed E-state index contributed by atoms with van der Waals surface area (Å²) in [5.41, 5.74) is 5.40. The van der Waals surface area contributed by atoms with Crippen LogP contribution in [0.1, 0.15) is 24.0 Å². The van der Waals surface area contributed by atoms with Crippen LogP contribution < -0.4 is 24.8 Å². The number of rotatable bonds is 4. The Balaban J connectivity index is 0.00000131. The van der Waals surface area contributed by atoms with E-state index in [9.17, 15) is 0 Å². The fourth-order valence-corrected chi connectivity index (χ4v) is 7.24. The number of hydrogen-bond acceptors (Lipinski definition) is 0. The first-order valence-electron chi connectivity index (χ1n) is 8.29. The molecule has 2 aliphatic rings. The number of allylic oxidation sites excluding steroid dienone is 8. The van der Waals surface area contributed by atoms with Gasteiger partial charge in [-0.05, 0) is 0 Å². The SMILES string of the molecule is Clc1ccc(C2=[C]([Zr+2][C]3=C(c4ccc(Cl)cc4)C=CC3)CC=C2)cc1.[Cl-].[Cl-]. The normalized spacial score (nSPS) is 14.9. The quantitative estimate of drug-likeness (QED) is 0.576. The topological polar surface area (TPSA) is 0 Å². The summed E-state index contributed by atoms with van der Waals surface area (Å²) in [6.45, 7) is 0. The molecular formula is C22H16Cl4Zr. The third-order valence-electron chi connectivity index (χ3n) is 4.48. The summed E-state index contributed by atoms with van der Waals surface area (Å²) < 4.78 is 3.30. The van der Waals surface area contributed by atoms with Crippen LogP contribution in [0.25, 0.3) is 11.1 Å². The molecule has 0 atom stereocenters. The number of hydrogen-bond donors (Lipinski definition) is 0. The molecule has 27 heavy (non-hydrogen) atoms. The molecule has 4 rings (SSSR count). The molecule has 0 bridgehead atoms. The Morgan fingerprint density at radius 3 is 1.33 bits per heavy atom. The van der Waals surface area contributed by atoms with Crippen LogP contribution in [0.5, 0.6) is 0 Å². The van der Waals surface area contributed by atoms with Crippen molar-refractivity contribution in [2.75, 3.05) is 0 Å². The Morgan fingerprint density at radius 2 is 0.963 bits per heavy atom. The molecule has 0 saturated carbocycles. The number of halogens is 4. The van der Waals surface area contributed by atoms with E-state index in [4.69, 9.17) is 23.2 Å². The molecule has 0 aromatic heterocycles. The summed E-state index contributed by atoms with van der Waals surface area (Å²) in [5.74, 6) is 0. The van der Waals surface area contributed by atoms with E-state index in [0.29, 0.717) is 0 Å². The van der Waals surface area contributed by atoms with E-state index in [1.807, 2.05) is 24.3 Å². The van der Waals surface area contributed by atoms with Crippen LogP contribution in [0.15, 0.2) is 79.4 Å². The van der Waals surface area contributed by atoms with Crippen LogP contribution in [-0.2, 0) is 23.2 Å². The van der Waals surface area contributed by atoms with Gasteiger partial charge in [0.1, 0.15) is 0 Å². The molecule has 0 spiro atoms. The van der Waals surface area contributed by atoms with Gasteiger partial charge in [0.2, 0.25) is 0 Å². The summed E-state index contributed by atoms with van der Waals surface area (Å²) in [4.78, 5) is 0.